The van der Waals surface area contributed by atoms with Crippen LogP contribution in [0.15, 0.2) is 41.8 Å². The molecule has 0 amide bonds. The second-order valence-corrected chi connectivity index (χ2v) is 5.88. The Kier molecular flexibility index (Phi) is 4.75. The van der Waals surface area contributed by atoms with Crippen LogP contribution in [0.5, 0.6) is 0 Å². The molecule has 2 nitrogen and oxygen atoms in total. The van der Waals surface area contributed by atoms with E-state index >= 15 is 0 Å². The zero-order valence-electron chi connectivity index (χ0n) is 11.7. The highest BCUT2D eigenvalue weighted by molar-refractivity contribution is 7.10. The highest BCUT2D eigenvalue weighted by atomic mass is 32.1. The lowest BCUT2D eigenvalue weighted by molar-refractivity contribution is -0.0145. The number of hydrogen-bond acceptors (Lipinski definition) is 3. The Labute approximate surface area is 119 Å². The smallest absolute Gasteiger partial charge is 0.107 e. The minimum atomic E-state index is -0.0461. The van der Waals surface area contributed by atoms with Gasteiger partial charge in [0.15, 0.2) is 0 Å². The van der Waals surface area contributed by atoms with E-state index in [1.54, 1.807) is 11.3 Å². The van der Waals surface area contributed by atoms with E-state index in [0.717, 1.165) is 0 Å². The third-order valence-corrected chi connectivity index (χ3v) is 4.34. The Balaban J connectivity index is 2.16. The number of aryl methyl sites for hydroxylation is 1. The number of benzene rings is 1. The van der Waals surface area contributed by atoms with Crippen molar-refractivity contribution in [1.82, 2.24) is 0 Å². The molecule has 0 fully saturated rings. The number of thiophene rings is 1. The van der Waals surface area contributed by atoms with Crippen molar-refractivity contribution >= 4 is 11.3 Å². The molecule has 0 spiro atoms. The van der Waals surface area contributed by atoms with Crippen molar-refractivity contribution in [2.45, 2.75) is 39.0 Å². The third kappa shape index (κ3) is 3.44. The number of hydrogen-bond donors (Lipinski definition) is 1. The maximum absolute atomic E-state index is 6.21. The summed E-state index contributed by atoms with van der Waals surface area (Å²) in [5.41, 5.74) is 8.54. The summed E-state index contributed by atoms with van der Waals surface area (Å²) < 4.78 is 6.21. The van der Waals surface area contributed by atoms with E-state index in [2.05, 4.69) is 37.4 Å². The van der Waals surface area contributed by atoms with Gasteiger partial charge in [-0.25, -0.2) is 0 Å². The van der Waals surface area contributed by atoms with Crippen molar-refractivity contribution < 1.29 is 4.74 Å². The van der Waals surface area contributed by atoms with Gasteiger partial charge in [0.25, 0.3) is 0 Å². The Bertz CT molecular complexity index is 506. The topological polar surface area (TPSA) is 35.2 Å². The van der Waals surface area contributed by atoms with Gasteiger partial charge in [0.1, 0.15) is 6.10 Å². The molecule has 0 radical (unpaired) electrons. The summed E-state index contributed by atoms with van der Waals surface area (Å²) in [7, 11) is 0. The average Bonchev–Trinajstić information content (AvgIpc) is 2.82. The van der Waals surface area contributed by atoms with E-state index in [1.165, 1.54) is 16.0 Å². The van der Waals surface area contributed by atoms with E-state index in [4.69, 9.17) is 10.5 Å². The molecule has 0 aliphatic carbocycles. The molecule has 2 rings (SSSR count). The second kappa shape index (κ2) is 6.33. The van der Waals surface area contributed by atoms with Crippen LogP contribution < -0.4 is 5.73 Å². The molecular formula is C16H21NOS. The van der Waals surface area contributed by atoms with Crippen LogP contribution in [0.4, 0.5) is 0 Å². The van der Waals surface area contributed by atoms with E-state index in [1.807, 2.05) is 25.1 Å². The van der Waals surface area contributed by atoms with Crippen LogP contribution in [-0.4, -0.2) is 6.04 Å². The molecule has 0 aliphatic rings. The fourth-order valence-electron chi connectivity index (χ4n) is 2.12. The lowest BCUT2D eigenvalue weighted by atomic mass is 10.1. The summed E-state index contributed by atoms with van der Waals surface area (Å²) in [5, 5.41) is 2.09. The molecule has 0 bridgehead atoms. The first-order valence-electron chi connectivity index (χ1n) is 6.59. The molecule has 19 heavy (non-hydrogen) atoms. The summed E-state index contributed by atoms with van der Waals surface area (Å²) in [5.74, 6) is 0. The van der Waals surface area contributed by atoms with Gasteiger partial charge in [0, 0.05) is 10.9 Å². The van der Waals surface area contributed by atoms with Gasteiger partial charge in [-0.3, -0.25) is 0 Å². The van der Waals surface area contributed by atoms with Crippen LogP contribution >= 0.6 is 11.3 Å². The van der Waals surface area contributed by atoms with Gasteiger partial charge in [-0.15, -0.1) is 11.3 Å². The molecule has 1 heterocycles. The Morgan fingerprint density at radius 2 is 1.79 bits per heavy atom. The summed E-state index contributed by atoms with van der Waals surface area (Å²) >= 11 is 1.72. The number of rotatable bonds is 5. The maximum atomic E-state index is 6.21. The molecule has 0 saturated heterocycles. The summed E-state index contributed by atoms with van der Waals surface area (Å²) in [6.07, 6.45) is -0.00564. The largest absolute Gasteiger partial charge is 0.363 e. The summed E-state index contributed by atoms with van der Waals surface area (Å²) in [6, 6.07) is 12.4. The normalized spacial score (nSPS) is 16.0. The van der Waals surface area contributed by atoms with Gasteiger partial charge in [0.05, 0.1) is 6.10 Å². The number of nitrogens with two attached hydrogens (primary N) is 1. The molecule has 3 atom stereocenters. The molecule has 1 aromatic carbocycles. The lowest BCUT2D eigenvalue weighted by Gasteiger charge is -2.25. The fourth-order valence-corrected chi connectivity index (χ4v) is 3.20. The van der Waals surface area contributed by atoms with Crippen molar-refractivity contribution in [2.24, 2.45) is 5.73 Å². The van der Waals surface area contributed by atoms with Gasteiger partial charge in [-0.2, -0.15) is 0 Å². The van der Waals surface area contributed by atoms with Crippen LogP contribution in [0.3, 0.4) is 0 Å². The Morgan fingerprint density at radius 1 is 1.11 bits per heavy atom. The van der Waals surface area contributed by atoms with Crippen LogP contribution in [-0.2, 0) is 4.74 Å². The second-order valence-electron chi connectivity index (χ2n) is 4.94. The van der Waals surface area contributed by atoms with Crippen LogP contribution in [0.2, 0.25) is 0 Å². The van der Waals surface area contributed by atoms with E-state index in [9.17, 15) is 0 Å². The first kappa shape index (κ1) is 14.3. The van der Waals surface area contributed by atoms with E-state index in [0.29, 0.717) is 0 Å². The minimum Gasteiger partial charge on any atom is -0.363 e. The SMILES string of the molecule is Cc1ccsc1C(OC(C)c1ccccc1)C(C)N. The summed E-state index contributed by atoms with van der Waals surface area (Å²) in [6.45, 7) is 6.19. The predicted molar refractivity (Wildman–Crippen MR) is 81.4 cm³/mol. The summed E-state index contributed by atoms with van der Waals surface area (Å²) in [4.78, 5) is 1.23. The van der Waals surface area contributed by atoms with E-state index < -0.39 is 0 Å². The Hall–Kier alpha value is -1.16. The van der Waals surface area contributed by atoms with Gasteiger partial charge in [0.2, 0.25) is 0 Å². The first-order chi connectivity index (χ1) is 9.09. The van der Waals surface area contributed by atoms with Crippen LogP contribution in [0, 0.1) is 6.92 Å². The fraction of sp³-hybridized carbons (Fsp3) is 0.375. The maximum Gasteiger partial charge on any atom is 0.107 e. The third-order valence-electron chi connectivity index (χ3n) is 3.26. The van der Waals surface area contributed by atoms with Crippen molar-refractivity contribution in [2.75, 3.05) is 0 Å². The highest BCUT2D eigenvalue weighted by Crippen LogP contribution is 2.33. The Morgan fingerprint density at radius 3 is 2.32 bits per heavy atom. The zero-order chi connectivity index (χ0) is 13.8. The van der Waals surface area contributed by atoms with Gasteiger partial charge >= 0.3 is 0 Å². The molecule has 0 aliphatic heterocycles. The predicted octanol–water partition coefficient (Wildman–Crippen LogP) is 4.22. The quantitative estimate of drug-likeness (QED) is 0.886. The van der Waals surface area contributed by atoms with Crippen molar-refractivity contribution in [3.05, 3.63) is 57.8 Å². The van der Waals surface area contributed by atoms with Crippen LogP contribution in [0.25, 0.3) is 0 Å². The van der Waals surface area contributed by atoms with Crippen molar-refractivity contribution in [1.29, 1.82) is 0 Å². The lowest BCUT2D eigenvalue weighted by Crippen LogP contribution is -2.27. The molecule has 2 N–H and O–H groups in total. The minimum absolute atomic E-state index is 0.0245. The zero-order valence-corrected chi connectivity index (χ0v) is 12.5. The van der Waals surface area contributed by atoms with Gasteiger partial charge in [-0.1, -0.05) is 30.3 Å². The van der Waals surface area contributed by atoms with Crippen molar-refractivity contribution in [3.8, 4) is 0 Å². The highest BCUT2D eigenvalue weighted by Gasteiger charge is 2.23. The standard InChI is InChI=1S/C16H21NOS/c1-11-9-10-19-16(11)15(12(2)17)18-13(3)14-7-5-4-6-8-14/h4-10,12-13,15H,17H2,1-3H3. The molecule has 2 aromatic rings. The number of ether oxygens (including phenoxy) is 1. The first-order valence-corrected chi connectivity index (χ1v) is 7.47. The van der Waals surface area contributed by atoms with Crippen LogP contribution in [0.1, 0.15) is 42.1 Å². The average molecular weight is 275 g/mol. The van der Waals surface area contributed by atoms with Gasteiger partial charge < -0.3 is 10.5 Å². The van der Waals surface area contributed by atoms with Crippen molar-refractivity contribution in [3.63, 3.8) is 0 Å². The monoisotopic (exact) mass is 275 g/mol. The molecular weight excluding hydrogens is 254 g/mol. The molecule has 1 aromatic heterocycles. The molecule has 3 heteroatoms. The molecule has 3 unspecified atom stereocenters. The molecule has 102 valence electrons. The van der Waals surface area contributed by atoms with E-state index in [-0.39, 0.29) is 18.2 Å². The molecule has 0 saturated carbocycles. The van der Waals surface area contributed by atoms with Gasteiger partial charge in [-0.05, 0) is 43.3 Å².